The molecule has 0 fully saturated rings. The minimum Gasteiger partial charge on any atom is -0.0661 e. The summed E-state index contributed by atoms with van der Waals surface area (Å²) in [7, 11) is 0. The average molecular weight is 381 g/mol. The van der Waals surface area contributed by atoms with Gasteiger partial charge in [-0.3, -0.25) is 0 Å². The summed E-state index contributed by atoms with van der Waals surface area (Å²) >= 11 is 0. The van der Waals surface area contributed by atoms with Crippen molar-refractivity contribution in [2.45, 2.75) is 47.0 Å². The number of allylic oxidation sites excluding steroid dienone is 4. The Balaban J connectivity index is 1.66. The first kappa shape index (κ1) is 19.7. The molecular weight excluding hydrogens is 348 g/mol. The standard InChI is InChI=1S/C29H32/c1-5-22-12-13-25(19-22)23-14-16-24(17-15-23)27-9-7-10-28-26(8-6-11-29(27)28)18-21(4)20(2)3/h6-17,20-21H,5,18-19H2,1-4H3. The van der Waals surface area contributed by atoms with Crippen molar-refractivity contribution in [2.75, 3.05) is 0 Å². The topological polar surface area (TPSA) is 0 Å². The lowest BCUT2D eigenvalue weighted by molar-refractivity contribution is 0.418. The Morgan fingerprint density at radius 2 is 1.45 bits per heavy atom. The van der Waals surface area contributed by atoms with Crippen molar-refractivity contribution in [3.05, 3.63) is 89.5 Å². The molecule has 0 heterocycles. The Kier molecular flexibility index (Phi) is 5.72. The van der Waals surface area contributed by atoms with E-state index in [1.54, 1.807) is 0 Å². The summed E-state index contributed by atoms with van der Waals surface area (Å²) in [4.78, 5) is 0. The molecule has 1 aliphatic carbocycles. The normalized spacial score (nSPS) is 14.9. The molecule has 0 saturated carbocycles. The van der Waals surface area contributed by atoms with Crippen LogP contribution in [0.25, 0.3) is 27.5 Å². The minimum absolute atomic E-state index is 0.685. The zero-order valence-electron chi connectivity index (χ0n) is 18.2. The van der Waals surface area contributed by atoms with Gasteiger partial charge in [0.1, 0.15) is 0 Å². The number of rotatable bonds is 6. The van der Waals surface area contributed by atoms with Crippen LogP contribution >= 0.6 is 0 Å². The van der Waals surface area contributed by atoms with Crippen molar-refractivity contribution in [1.82, 2.24) is 0 Å². The lowest BCUT2D eigenvalue weighted by atomic mass is 9.87. The zero-order valence-corrected chi connectivity index (χ0v) is 18.2. The van der Waals surface area contributed by atoms with E-state index in [1.165, 1.54) is 44.2 Å². The van der Waals surface area contributed by atoms with E-state index in [0.717, 1.165) is 19.3 Å². The van der Waals surface area contributed by atoms with Crippen molar-refractivity contribution < 1.29 is 0 Å². The van der Waals surface area contributed by atoms with Crippen LogP contribution in [0.3, 0.4) is 0 Å². The van der Waals surface area contributed by atoms with E-state index in [1.807, 2.05) is 0 Å². The fourth-order valence-corrected chi connectivity index (χ4v) is 4.27. The molecule has 3 aromatic carbocycles. The second-order valence-corrected chi connectivity index (χ2v) is 8.87. The highest BCUT2D eigenvalue weighted by atomic mass is 14.2. The van der Waals surface area contributed by atoms with Crippen molar-refractivity contribution in [1.29, 1.82) is 0 Å². The predicted octanol–water partition coefficient (Wildman–Crippen LogP) is 8.46. The molecular formula is C29H32. The molecule has 0 aromatic heterocycles. The number of fused-ring (bicyclic) bond motifs is 1. The van der Waals surface area contributed by atoms with Crippen LogP contribution in [0.4, 0.5) is 0 Å². The van der Waals surface area contributed by atoms with E-state index in [-0.39, 0.29) is 0 Å². The number of hydrogen-bond donors (Lipinski definition) is 0. The van der Waals surface area contributed by atoms with Crippen LogP contribution in [0.2, 0.25) is 0 Å². The molecule has 0 amide bonds. The molecule has 0 saturated heterocycles. The highest BCUT2D eigenvalue weighted by Crippen LogP contribution is 2.34. The lowest BCUT2D eigenvalue weighted by Crippen LogP contribution is -2.07. The van der Waals surface area contributed by atoms with Crippen LogP contribution in [-0.2, 0) is 6.42 Å². The van der Waals surface area contributed by atoms with E-state index in [9.17, 15) is 0 Å². The Bertz CT molecular complexity index is 1060. The maximum atomic E-state index is 2.36. The second-order valence-electron chi connectivity index (χ2n) is 8.87. The molecule has 0 bridgehead atoms. The van der Waals surface area contributed by atoms with Gasteiger partial charge in [0.2, 0.25) is 0 Å². The van der Waals surface area contributed by atoms with Gasteiger partial charge < -0.3 is 0 Å². The molecule has 0 N–H and O–H groups in total. The highest BCUT2D eigenvalue weighted by Gasteiger charge is 2.13. The van der Waals surface area contributed by atoms with E-state index in [2.05, 4.69) is 101 Å². The van der Waals surface area contributed by atoms with Crippen LogP contribution in [0.1, 0.15) is 51.7 Å². The van der Waals surface area contributed by atoms with Gasteiger partial charge in [-0.1, -0.05) is 106 Å². The van der Waals surface area contributed by atoms with Crippen molar-refractivity contribution >= 4 is 16.3 Å². The Morgan fingerprint density at radius 1 is 0.759 bits per heavy atom. The molecule has 0 radical (unpaired) electrons. The van der Waals surface area contributed by atoms with Gasteiger partial charge in [-0.15, -0.1) is 0 Å². The predicted molar refractivity (Wildman–Crippen MR) is 128 cm³/mol. The van der Waals surface area contributed by atoms with Gasteiger partial charge in [0.05, 0.1) is 0 Å². The Hall–Kier alpha value is -2.60. The van der Waals surface area contributed by atoms with E-state index < -0.39 is 0 Å². The smallest absolute Gasteiger partial charge is 0.00582 e. The lowest BCUT2D eigenvalue weighted by Gasteiger charge is -2.17. The molecule has 0 aliphatic heterocycles. The van der Waals surface area contributed by atoms with Gasteiger partial charge in [0.15, 0.2) is 0 Å². The van der Waals surface area contributed by atoms with Crippen LogP contribution in [0.5, 0.6) is 0 Å². The van der Waals surface area contributed by atoms with E-state index >= 15 is 0 Å². The van der Waals surface area contributed by atoms with Crippen LogP contribution in [0, 0.1) is 11.8 Å². The van der Waals surface area contributed by atoms with Crippen LogP contribution < -0.4 is 0 Å². The zero-order chi connectivity index (χ0) is 20.4. The van der Waals surface area contributed by atoms with Gasteiger partial charge in [0.25, 0.3) is 0 Å². The quantitative estimate of drug-likeness (QED) is 0.402. The number of hydrogen-bond acceptors (Lipinski definition) is 0. The molecule has 1 atom stereocenters. The van der Waals surface area contributed by atoms with Gasteiger partial charge in [-0.25, -0.2) is 0 Å². The fourth-order valence-electron chi connectivity index (χ4n) is 4.27. The molecule has 3 aromatic rings. The molecule has 0 spiro atoms. The summed E-state index contributed by atoms with van der Waals surface area (Å²) in [6.07, 6.45) is 7.95. The van der Waals surface area contributed by atoms with E-state index in [4.69, 9.17) is 0 Å². The molecule has 29 heavy (non-hydrogen) atoms. The van der Waals surface area contributed by atoms with Crippen LogP contribution in [-0.4, -0.2) is 0 Å². The molecule has 1 aliphatic rings. The first-order chi connectivity index (χ1) is 14.1. The van der Waals surface area contributed by atoms with Crippen LogP contribution in [0.15, 0.2) is 78.4 Å². The van der Waals surface area contributed by atoms with Gasteiger partial charge in [0, 0.05) is 0 Å². The molecule has 0 nitrogen and oxygen atoms in total. The monoisotopic (exact) mass is 380 g/mol. The maximum absolute atomic E-state index is 2.36. The molecule has 148 valence electrons. The van der Waals surface area contributed by atoms with Crippen molar-refractivity contribution in [2.24, 2.45) is 11.8 Å². The van der Waals surface area contributed by atoms with Crippen molar-refractivity contribution in [3.63, 3.8) is 0 Å². The maximum Gasteiger partial charge on any atom is -0.00582 e. The Morgan fingerprint density at radius 3 is 2.14 bits per heavy atom. The van der Waals surface area contributed by atoms with Gasteiger partial charge in [-0.05, 0) is 69.7 Å². The highest BCUT2D eigenvalue weighted by molar-refractivity contribution is 5.98. The third kappa shape index (κ3) is 4.08. The SMILES string of the molecule is CCC1=CC=C(c2ccc(-c3cccc4c(CC(C)C(C)C)cccc34)cc2)C1. The third-order valence-corrected chi connectivity index (χ3v) is 6.65. The first-order valence-corrected chi connectivity index (χ1v) is 11.1. The summed E-state index contributed by atoms with van der Waals surface area (Å²) in [6.45, 7) is 9.24. The second kappa shape index (κ2) is 8.41. The minimum atomic E-state index is 0.685. The van der Waals surface area contributed by atoms with Gasteiger partial charge >= 0.3 is 0 Å². The van der Waals surface area contributed by atoms with Gasteiger partial charge in [-0.2, -0.15) is 0 Å². The summed E-state index contributed by atoms with van der Waals surface area (Å²) in [5.41, 5.74) is 8.42. The van der Waals surface area contributed by atoms with Crippen molar-refractivity contribution in [3.8, 4) is 11.1 Å². The fraction of sp³-hybridized carbons (Fsp3) is 0.310. The Labute approximate surface area is 176 Å². The molecule has 0 heteroatoms. The third-order valence-electron chi connectivity index (χ3n) is 6.65. The summed E-state index contributed by atoms with van der Waals surface area (Å²) in [6, 6.07) is 22.7. The number of benzene rings is 3. The molecule has 4 rings (SSSR count). The summed E-state index contributed by atoms with van der Waals surface area (Å²) in [5, 5.41) is 2.76. The summed E-state index contributed by atoms with van der Waals surface area (Å²) < 4.78 is 0. The molecule has 1 unspecified atom stereocenters. The summed E-state index contributed by atoms with van der Waals surface area (Å²) in [5.74, 6) is 1.39. The largest absolute Gasteiger partial charge is 0.0661 e. The first-order valence-electron chi connectivity index (χ1n) is 11.1. The van der Waals surface area contributed by atoms with E-state index in [0.29, 0.717) is 11.8 Å². The average Bonchev–Trinajstić information content (AvgIpc) is 3.23.